The van der Waals surface area contributed by atoms with Crippen LogP contribution in [0.25, 0.3) is 0 Å². The minimum Gasteiger partial charge on any atom is -0.270 e. The largest absolute Gasteiger partial charge is 0.270 e. The number of hydrogen-bond acceptors (Lipinski definition) is 3. The minimum atomic E-state index is -3.24. The lowest BCUT2D eigenvalue weighted by atomic mass is 10.3. The predicted molar refractivity (Wildman–Crippen MR) is 44.9 cm³/mol. The van der Waals surface area contributed by atoms with E-state index in [2.05, 4.69) is 4.18 Å². The van der Waals surface area contributed by atoms with Crippen LogP contribution in [0.2, 0.25) is 0 Å². The van der Waals surface area contributed by atoms with Crippen molar-refractivity contribution in [2.45, 2.75) is 27.2 Å². The first kappa shape index (κ1) is 10.9. The fourth-order valence-electron chi connectivity index (χ4n) is 0.667. The molecule has 0 unspecified atom stereocenters. The van der Waals surface area contributed by atoms with Crippen LogP contribution in [-0.4, -0.2) is 20.8 Å². The molecule has 0 rings (SSSR count). The summed E-state index contributed by atoms with van der Waals surface area (Å²) in [6.07, 6.45) is 0.733. The van der Waals surface area contributed by atoms with Crippen molar-refractivity contribution in [3.05, 3.63) is 0 Å². The molecule has 11 heavy (non-hydrogen) atoms. The highest BCUT2D eigenvalue weighted by Crippen LogP contribution is 2.02. The lowest BCUT2D eigenvalue weighted by Crippen LogP contribution is -2.15. The second kappa shape index (κ2) is 4.72. The van der Waals surface area contributed by atoms with Crippen molar-refractivity contribution in [1.29, 1.82) is 0 Å². The molecular weight excluding hydrogens is 164 g/mol. The standard InChI is InChI=1S/C7H16O3S/c1-4-5-10-11(8,9)6-7(2)3/h7H,4-6H2,1-3H3. The maximum atomic E-state index is 11.0. The Bertz CT molecular complexity index is 182. The van der Waals surface area contributed by atoms with Crippen molar-refractivity contribution in [2.24, 2.45) is 5.92 Å². The summed E-state index contributed by atoms with van der Waals surface area (Å²) < 4.78 is 26.6. The van der Waals surface area contributed by atoms with E-state index in [1.54, 1.807) is 0 Å². The quantitative estimate of drug-likeness (QED) is 0.601. The van der Waals surface area contributed by atoms with Gasteiger partial charge in [-0.25, -0.2) is 0 Å². The van der Waals surface area contributed by atoms with Crippen LogP contribution in [0.5, 0.6) is 0 Å². The van der Waals surface area contributed by atoms with Gasteiger partial charge in [0.05, 0.1) is 12.4 Å². The van der Waals surface area contributed by atoms with Crippen molar-refractivity contribution in [3.63, 3.8) is 0 Å². The van der Waals surface area contributed by atoms with Crippen LogP contribution in [0.15, 0.2) is 0 Å². The summed E-state index contributed by atoms with van der Waals surface area (Å²) >= 11 is 0. The van der Waals surface area contributed by atoms with E-state index < -0.39 is 10.1 Å². The second-order valence-electron chi connectivity index (χ2n) is 2.94. The van der Waals surface area contributed by atoms with Gasteiger partial charge in [-0.3, -0.25) is 4.18 Å². The molecule has 0 spiro atoms. The van der Waals surface area contributed by atoms with E-state index in [0.29, 0.717) is 6.61 Å². The van der Waals surface area contributed by atoms with Gasteiger partial charge in [-0.15, -0.1) is 0 Å². The summed E-state index contributed by atoms with van der Waals surface area (Å²) in [6.45, 7) is 5.89. The van der Waals surface area contributed by atoms with E-state index in [4.69, 9.17) is 0 Å². The topological polar surface area (TPSA) is 43.4 Å². The average Bonchev–Trinajstić information content (AvgIpc) is 1.81. The Labute approximate surface area is 68.9 Å². The van der Waals surface area contributed by atoms with Gasteiger partial charge in [0.1, 0.15) is 0 Å². The molecule has 0 atom stereocenters. The van der Waals surface area contributed by atoms with Crippen molar-refractivity contribution in [1.82, 2.24) is 0 Å². The van der Waals surface area contributed by atoms with Crippen LogP contribution in [0.1, 0.15) is 27.2 Å². The molecular formula is C7H16O3S. The van der Waals surface area contributed by atoms with Gasteiger partial charge in [-0.05, 0) is 12.3 Å². The molecule has 0 aliphatic heterocycles. The molecule has 0 radical (unpaired) electrons. The van der Waals surface area contributed by atoms with Gasteiger partial charge in [0.25, 0.3) is 10.1 Å². The van der Waals surface area contributed by atoms with Gasteiger partial charge in [-0.2, -0.15) is 8.42 Å². The fourth-order valence-corrected chi connectivity index (χ4v) is 2.00. The molecule has 0 fully saturated rings. The summed E-state index contributed by atoms with van der Waals surface area (Å²) in [4.78, 5) is 0. The highest BCUT2D eigenvalue weighted by atomic mass is 32.2. The summed E-state index contributed by atoms with van der Waals surface area (Å²) in [5.74, 6) is 0.254. The van der Waals surface area contributed by atoms with Crippen LogP contribution in [0.3, 0.4) is 0 Å². The van der Waals surface area contributed by atoms with Gasteiger partial charge in [0, 0.05) is 0 Å². The summed E-state index contributed by atoms with van der Waals surface area (Å²) in [5.41, 5.74) is 0. The van der Waals surface area contributed by atoms with E-state index in [0.717, 1.165) is 6.42 Å². The number of hydrogen-bond donors (Lipinski definition) is 0. The smallest absolute Gasteiger partial charge is 0.267 e. The van der Waals surface area contributed by atoms with Gasteiger partial charge in [0.15, 0.2) is 0 Å². The second-order valence-corrected chi connectivity index (χ2v) is 4.62. The fraction of sp³-hybridized carbons (Fsp3) is 1.00. The maximum absolute atomic E-state index is 11.0. The summed E-state index contributed by atoms with van der Waals surface area (Å²) in [7, 11) is -3.24. The Morgan fingerprint density at radius 3 is 2.27 bits per heavy atom. The molecule has 0 aromatic heterocycles. The SMILES string of the molecule is CCCOS(=O)(=O)CC(C)C. The molecule has 0 saturated heterocycles. The molecule has 3 nitrogen and oxygen atoms in total. The molecule has 0 aromatic carbocycles. The van der Waals surface area contributed by atoms with E-state index in [-0.39, 0.29) is 11.7 Å². The zero-order chi connectivity index (χ0) is 8.91. The Balaban J connectivity index is 3.82. The third-order valence-corrected chi connectivity index (χ3v) is 2.61. The molecule has 0 saturated carbocycles. The predicted octanol–water partition coefficient (Wildman–Crippen LogP) is 1.40. The molecule has 0 aliphatic rings. The van der Waals surface area contributed by atoms with Gasteiger partial charge >= 0.3 is 0 Å². The Kier molecular flexibility index (Phi) is 4.68. The van der Waals surface area contributed by atoms with Gasteiger partial charge in [-0.1, -0.05) is 20.8 Å². The molecule has 0 heterocycles. The first-order valence-corrected chi connectivity index (χ1v) is 5.42. The molecule has 0 N–H and O–H groups in total. The van der Waals surface area contributed by atoms with E-state index >= 15 is 0 Å². The normalized spacial score (nSPS) is 12.4. The Morgan fingerprint density at radius 1 is 1.36 bits per heavy atom. The molecule has 0 aliphatic carbocycles. The van der Waals surface area contributed by atoms with Crippen molar-refractivity contribution >= 4 is 10.1 Å². The van der Waals surface area contributed by atoms with Crippen molar-refractivity contribution in [3.8, 4) is 0 Å². The van der Waals surface area contributed by atoms with E-state index in [1.165, 1.54) is 0 Å². The molecule has 0 aromatic rings. The third-order valence-electron chi connectivity index (χ3n) is 1.00. The molecule has 4 heteroatoms. The van der Waals surface area contributed by atoms with Crippen molar-refractivity contribution < 1.29 is 12.6 Å². The van der Waals surface area contributed by atoms with Crippen molar-refractivity contribution in [2.75, 3.05) is 12.4 Å². The first-order chi connectivity index (χ1) is 4.98. The summed E-state index contributed by atoms with van der Waals surface area (Å²) in [5, 5.41) is 0. The molecule has 0 bridgehead atoms. The highest BCUT2D eigenvalue weighted by Gasteiger charge is 2.12. The van der Waals surface area contributed by atoms with Crippen LogP contribution >= 0.6 is 0 Å². The van der Waals surface area contributed by atoms with E-state index in [1.807, 2.05) is 20.8 Å². The molecule has 0 amide bonds. The van der Waals surface area contributed by atoms with Gasteiger partial charge in [0.2, 0.25) is 0 Å². The van der Waals surface area contributed by atoms with Crippen LogP contribution in [-0.2, 0) is 14.3 Å². The zero-order valence-electron chi connectivity index (χ0n) is 7.33. The van der Waals surface area contributed by atoms with Gasteiger partial charge < -0.3 is 0 Å². The highest BCUT2D eigenvalue weighted by molar-refractivity contribution is 7.86. The average molecular weight is 180 g/mol. The monoisotopic (exact) mass is 180 g/mol. The van der Waals surface area contributed by atoms with Crippen LogP contribution in [0.4, 0.5) is 0 Å². The zero-order valence-corrected chi connectivity index (χ0v) is 8.15. The maximum Gasteiger partial charge on any atom is 0.267 e. The first-order valence-electron chi connectivity index (χ1n) is 3.85. The lowest BCUT2D eigenvalue weighted by molar-refractivity contribution is 0.315. The Morgan fingerprint density at radius 2 is 1.91 bits per heavy atom. The summed E-state index contributed by atoms with van der Waals surface area (Å²) in [6, 6.07) is 0. The lowest BCUT2D eigenvalue weighted by Gasteiger charge is -2.05. The van der Waals surface area contributed by atoms with Crippen LogP contribution < -0.4 is 0 Å². The third kappa shape index (κ3) is 6.31. The minimum absolute atomic E-state index is 0.118. The number of rotatable bonds is 5. The Hall–Kier alpha value is -0.0900. The molecule has 68 valence electrons. The van der Waals surface area contributed by atoms with Crippen LogP contribution in [0, 0.1) is 5.92 Å². The van der Waals surface area contributed by atoms with E-state index in [9.17, 15) is 8.42 Å².